The summed E-state index contributed by atoms with van der Waals surface area (Å²) in [4.78, 5) is 23.4. The van der Waals surface area contributed by atoms with Crippen LogP contribution in [-0.2, 0) is 4.79 Å². The minimum absolute atomic E-state index is 0.110. The molecule has 2 aliphatic carbocycles. The van der Waals surface area contributed by atoms with E-state index in [2.05, 4.69) is 22.0 Å². The maximum atomic E-state index is 11.7. The highest BCUT2D eigenvalue weighted by atomic mass is 16.2. The first-order valence-electron chi connectivity index (χ1n) is 8.22. The van der Waals surface area contributed by atoms with Crippen LogP contribution >= 0.6 is 0 Å². The number of carbonyl (C=O) groups is 2. The molecule has 118 valence electrons. The van der Waals surface area contributed by atoms with E-state index in [1.165, 1.54) is 25.7 Å². The number of rotatable bonds is 6. The largest absolute Gasteiger partial charge is 0.354 e. The van der Waals surface area contributed by atoms with Crippen molar-refractivity contribution in [3.8, 4) is 0 Å². The van der Waals surface area contributed by atoms with E-state index in [0.717, 1.165) is 19.3 Å². The highest BCUT2D eigenvalue weighted by molar-refractivity contribution is 5.76. The van der Waals surface area contributed by atoms with E-state index in [9.17, 15) is 9.59 Å². The number of hydrogen-bond donors (Lipinski definition) is 3. The number of carbonyl (C=O) groups excluding carboxylic acids is 2. The third-order valence-corrected chi connectivity index (χ3v) is 4.25. The van der Waals surface area contributed by atoms with Gasteiger partial charge < -0.3 is 16.0 Å². The predicted molar refractivity (Wildman–Crippen MR) is 82.9 cm³/mol. The summed E-state index contributed by atoms with van der Waals surface area (Å²) in [6.45, 7) is 0.970. The highest BCUT2D eigenvalue weighted by Crippen LogP contribution is 2.27. The average Bonchev–Trinajstić information content (AvgIpc) is 2.97. The van der Waals surface area contributed by atoms with Gasteiger partial charge in [0.05, 0.1) is 0 Å². The van der Waals surface area contributed by atoms with E-state index in [-0.39, 0.29) is 18.0 Å². The Labute approximate surface area is 126 Å². The Morgan fingerprint density at radius 3 is 2.48 bits per heavy atom. The lowest BCUT2D eigenvalue weighted by Crippen LogP contribution is -2.44. The van der Waals surface area contributed by atoms with Crippen molar-refractivity contribution in [1.29, 1.82) is 0 Å². The average molecular weight is 293 g/mol. The molecular formula is C16H27N3O2. The molecule has 5 nitrogen and oxygen atoms in total. The van der Waals surface area contributed by atoms with Crippen molar-refractivity contribution >= 4 is 11.9 Å². The summed E-state index contributed by atoms with van der Waals surface area (Å²) in [6.07, 6.45) is 12.9. The molecule has 0 aliphatic heterocycles. The van der Waals surface area contributed by atoms with E-state index >= 15 is 0 Å². The third kappa shape index (κ3) is 6.19. The number of urea groups is 1. The molecule has 2 rings (SSSR count). The van der Waals surface area contributed by atoms with E-state index < -0.39 is 0 Å². The van der Waals surface area contributed by atoms with Crippen LogP contribution in [0.2, 0.25) is 0 Å². The van der Waals surface area contributed by atoms with Crippen molar-refractivity contribution in [1.82, 2.24) is 16.0 Å². The summed E-state index contributed by atoms with van der Waals surface area (Å²) in [5.74, 6) is 0.679. The topological polar surface area (TPSA) is 70.2 Å². The first-order valence-corrected chi connectivity index (χ1v) is 8.22. The second-order valence-corrected chi connectivity index (χ2v) is 6.07. The molecule has 0 heterocycles. The quantitative estimate of drug-likeness (QED) is 0.518. The van der Waals surface area contributed by atoms with Gasteiger partial charge in [0.25, 0.3) is 0 Å². The lowest BCUT2D eigenvalue weighted by molar-refractivity contribution is -0.121. The van der Waals surface area contributed by atoms with Crippen molar-refractivity contribution < 1.29 is 9.59 Å². The molecule has 5 heteroatoms. The van der Waals surface area contributed by atoms with E-state index in [1.54, 1.807) is 0 Å². The Morgan fingerprint density at radius 2 is 1.76 bits per heavy atom. The molecule has 0 saturated heterocycles. The third-order valence-electron chi connectivity index (χ3n) is 4.25. The Bertz CT molecular complexity index is 376. The molecule has 1 saturated carbocycles. The zero-order valence-electron chi connectivity index (χ0n) is 12.7. The zero-order chi connectivity index (χ0) is 14.9. The van der Waals surface area contributed by atoms with Crippen LogP contribution in [0.1, 0.15) is 51.4 Å². The molecule has 3 N–H and O–H groups in total. The SMILES string of the molecule is O=C(CC1CCCC1)NCCNC(=O)NC1C=CCCC1. The van der Waals surface area contributed by atoms with Crippen LogP contribution < -0.4 is 16.0 Å². The Hall–Kier alpha value is -1.52. The van der Waals surface area contributed by atoms with Gasteiger partial charge in [0.2, 0.25) is 5.91 Å². The minimum atomic E-state index is -0.156. The maximum Gasteiger partial charge on any atom is 0.315 e. The van der Waals surface area contributed by atoms with Crippen molar-refractivity contribution in [3.63, 3.8) is 0 Å². The number of allylic oxidation sites excluding steroid dienone is 1. The monoisotopic (exact) mass is 293 g/mol. The Morgan fingerprint density at radius 1 is 1.00 bits per heavy atom. The molecule has 1 atom stereocenters. The van der Waals surface area contributed by atoms with Crippen LogP contribution in [0.15, 0.2) is 12.2 Å². The molecule has 0 aromatic rings. The van der Waals surface area contributed by atoms with Crippen LogP contribution in [-0.4, -0.2) is 31.1 Å². The lowest BCUT2D eigenvalue weighted by Gasteiger charge is -2.18. The summed E-state index contributed by atoms with van der Waals surface area (Å²) in [6, 6.07) is -0.00713. The number of nitrogens with one attached hydrogen (secondary N) is 3. The summed E-state index contributed by atoms with van der Waals surface area (Å²) >= 11 is 0. The van der Waals surface area contributed by atoms with Crippen LogP contribution in [0, 0.1) is 5.92 Å². The molecule has 3 amide bonds. The molecule has 1 fully saturated rings. The van der Waals surface area contributed by atoms with Crippen LogP contribution in [0.25, 0.3) is 0 Å². The van der Waals surface area contributed by atoms with Crippen molar-refractivity contribution in [2.45, 2.75) is 57.4 Å². The predicted octanol–water partition coefficient (Wildman–Crippen LogP) is 2.09. The Balaban J connectivity index is 1.50. The van der Waals surface area contributed by atoms with Crippen molar-refractivity contribution in [3.05, 3.63) is 12.2 Å². The molecular weight excluding hydrogens is 266 g/mol. The molecule has 21 heavy (non-hydrogen) atoms. The molecule has 0 spiro atoms. The van der Waals surface area contributed by atoms with Crippen molar-refractivity contribution in [2.75, 3.05) is 13.1 Å². The first kappa shape index (κ1) is 15.9. The van der Waals surface area contributed by atoms with Gasteiger partial charge in [0, 0.05) is 25.6 Å². The fourth-order valence-electron chi connectivity index (χ4n) is 3.08. The van der Waals surface area contributed by atoms with E-state index in [0.29, 0.717) is 25.4 Å². The van der Waals surface area contributed by atoms with Gasteiger partial charge in [-0.3, -0.25) is 4.79 Å². The summed E-state index contributed by atoms with van der Waals surface area (Å²) < 4.78 is 0. The Kier molecular flexibility index (Phi) is 6.57. The fourth-order valence-corrected chi connectivity index (χ4v) is 3.08. The second-order valence-electron chi connectivity index (χ2n) is 6.07. The minimum Gasteiger partial charge on any atom is -0.354 e. The molecule has 1 unspecified atom stereocenters. The van der Waals surface area contributed by atoms with Crippen LogP contribution in [0.4, 0.5) is 4.79 Å². The zero-order valence-corrected chi connectivity index (χ0v) is 12.7. The van der Waals surface area contributed by atoms with Gasteiger partial charge in [0.15, 0.2) is 0 Å². The highest BCUT2D eigenvalue weighted by Gasteiger charge is 2.18. The number of amides is 3. The van der Waals surface area contributed by atoms with Gasteiger partial charge in [-0.1, -0.05) is 25.0 Å². The summed E-state index contributed by atoms with van der Waals surface area (Å²) in [5, 5.41) is 8.57. The fraction of sp³-hybridized carbons (Fsp3) is 0.750. The molecule has 0 aromatic heterocycles. The van der Waals surface area contributed by atoms with Gasteiger partial charge in [-0.15, -0.1) is 0 Å². The van der Waals surface area contributed by atoms with Crippen LogP contribution in [0.5, 0.6) is 0 Å². The normalized spacial score (nSPS) is 22.0. The molecule has 0 bridgehead atoms. The summed E-state index contributed by atoms with van der Waals surface area (Å²) in [5.41, 5.74) is 0. The molecule has 2 aliphatic rings. The second kappa shape index (κ2) is 8.70. The van der Waals surface area contributed by atoms with Crippen LogP contribution in [0.3, 0.4) is 0 Å². The molecule has 0 radical (unpaired) electrons. The molecule has 0 aromatic carbocycles. The standard InChI is InChI=1S/C16H27N3O2/c20-15(12-13-6-4-5-7-13)17-10-11-18-16(21)19-14-8-2-1-3-9-14/h2,8,13-14H,1,3-7,9-12H2,(H,17,20)(H2,18,19,21). The number of hydrogen-bond acceptors (Lipinski definition) is 2. The van der Waals surface area contributed by atoms with E-state index in [4.69, 9.17) is 0 Å². The van der Waals surface area contributed by atoms with E-state index in [1.807, 2.05) is 6.08 Å². The van der Waals surface area contributed by atoms with Crippen molar-refractivity contribution in [2.24, 2.45) is 5.92 Å². The van der Waals surface area contributed by atoms with Gasteiger partial charge in [-0.2, -0.15) is 0 Å². The summed E-state index contributed by atoms with van der Waals surface area (Å²) in [7, 11) is 0. The lowest BCUT2D eigenvalue weighted by atomic mass is 10.0. The smallest absolute Gasteiger partial charge is 0.315 e. The van der Waals surface area contributed by atoms with Gasteiger partial charge in [0.1, 0.15) is 0 Å². The van der Waals surface area contributed by atoms with Gasteiger partial charge in [-0.05, 0) is 38.0 Å². The first-order chi connectivity index (χ1) is 10.2. The van der Waals surface area contributed by atoms with Gasteiger partial charge in [-0.25, -0.2) is 4.79 Å². The maximum absolute atomic E-state index is 11.7. The van der Waals surface area contributed by atoms with Gasteiger partial charge >= 0.3 is 6.03 Å².